The highest BCUT2D eigenvalue weighted by Gasteiger charge is 2.52. The van der Waals surface area contributed by atoms with Gasteiger partial charge in [0.25, 0.3) is 11.8 Å². The second kappa shape index (κ2) is 7.29. The highest BCUT2D eigenvalue weighted by Crippen LogP contribution is 2.33. The molecule has 1 aromatic rings. The molecular formula is C19H24N4O5. The van der Waals surface area contributed by atoms with E-state index in [0.29, 0.717) is 38.8 Å². The van der Waals surface area contributed by atoms with Gasteiger partial charge in [-0.2, -0.15) is 5.01 Å². The van der Waals surface area contributed by atoms with Crippen molar-refractivity contribution >= 4 is 23.8 Å². The summed E-state index contributed by atoms with van der Waals surface area (Å²) in [5.74, 6) is -1.00. The molecule has 2 aliphatic heterocycles. The summed E-state index contributed by atoms with van der Waals surface area (Å²) < 4.78 is 5.13. The summed E-state index contributed by atoms with van der Waals surface area (Å²) in [7, 11) is 0. The van der Waals surface area contributed by atoms with Crippen LogP contribution in [0.2, 0.25) is 0 Å². The van der Waals surface area contributed by atoms with Crippen molar-refractivity contribution in [3.05, 3.63) is 24.2 Å². The van der Waals surface area contributed by atoms with Crippen molar-refractivity contribution in [2.45, 2.75) is 50.5 Å². The Morgan fingerprint density at radius 2 is 1.86 bits per heavy atom. The van der Waals surface area contributed by atoms with Crippen molar-refractivity contribution in [2.75, 3.05) is 13.1 Å². The number of nitrogens with one attached hydrogen (secondary N) is 2. The van der Waals surface area contributed by atoms with Crippen LogP contribution in [0.3, 0.4) is 0 Å². The van der Waals surface area contributed by atoms with Gasteiger partial charge in [-0.1, -0.05) is 19.3 Å². The van der Waals surface area contributed by atoms with Gasteiger partial charge < -0.3 is 14.6 Å². The van der Waals surface area contributed by atoms with Crippen LogP contribution in [0.15, 0.2) is 22.8 Å². The van der Waals surface area contributed by atoms with E-state index in [9.17, 15) is 19.2 Å². The van der Waals surface area contributed by atoms with Crippen LogP contribution in [0.5, 0.6) is 0 Å². The smallest absolute Gasteiger partial charge is 0.344 e. The van der Waals surface area contributed by atoms with Crippen LogP contribution in [-0.2, 0) is 9.59 Å². The molecule has 150 valence electrons. The molecule has 5 amide bonds. The lowest BCUT2D eigenvalue weighted by atomic mass is 9.82. The van der Waals surface area contributed by atoms with Gasteiger partial charge in [-0.25, -0.2) is 4.79 Å². The molecule has 1 saturated carbocycles. The van der Waals surface area contributed by atoms with Crippen LogP contribution in [0.1, 0.15) is 55.5 Å². The molecule has 1 spiro atoms. The summed E-state index contributed by atoms with van der Waals surface area (Å²) in [6.45, 7) is 0.837. The zero-order valence-corrected chi connectivity index (χ0v) is 15.6. The molecule has 28 heavy (non-hydrogen) atoms. The molecule has 3 heterocycles. The first-order valence-corrected chi connectivity index (χ1v) is 9.80. The van der Waals surface area contributed by atoms with E-state index in [4.69, 9.17) is 4.42 Å². The van der Waals surface area contributed by atoms with Crippen LogP contribution in [0.25, 0.3) is 0 Å². The number of hydrogen-bond donors (Lipinski definition) is 2. The van der Waals surface area contributed by atoms with E-state index in [1.807, 2.05) is 0 Å². The van der Waals surface area contributed by atoms with Crippen LogP contribution in [-0.4, -0.2) is 52.3 Å². The Morgan fingerprint density at radius 1 is 1.14 bits per heavy atom. The molecule has 2 N–H and O–H groups in total. The number of rotatable bonds is 3. The number of likely N-dealkylation sites (tertiary alicyclic amines) is 1. The Bertz CT molecular complexity index is 776. The number of imide groups is 1. The molecule has 9 nitrogen and oxygen atoms in total. The SMILES string of the molecule is O=C(NN1C(=O)NC2(CCCCC2)C1=O)C1CCN(C(=O)c2ccco2)CC1. The Balaban J connectivity index is 1.33. The van der Waals surface area contributed by atoms with Gasteiger partial charge in [0.2, 0.25) is 5.91 Å². The number of furan rings is 1. The Morgan fingerprint density at radius 3 is 2.50 bits per heavy atom. The molecule has 1 aliphatic carbocycles. The fourth-order valence-electron chi connectivity index (χ4n) is 4.32. The molecule has 0 aromatic carbocycles. The first-order chi connectivity index (χ1) is 13.5. The fourth-order valence-corrected chi connectivity index (χ4v) is 4.32. The van der Waals surface area contributed by atoms with Gasteiger partial charge in [0.05, 0.1) is 6.26 Å². The molecule has 0 unspecified atom stereocenters. The first kappa shape index (κ1) is 18.5. The average molecular weight is 388 g/mol. The number of carbonyl (C=O) groups excluding carboxylic acids is 4. The van der Waals surface area contributed by atoms with E-state index >= 15 is 0 Å². The minimum atomic E-state index is -0.860. The minimum absolute atomic E-state index is 0.197. The second-order valence-electron chi connectivity index (χ2n) is 7.73. The van der Waals surface area contributed by atoms with Crippen LogP contribution in [0, 0.1) is 5.92 Å². The van der Waals surface area contributed by atoms with Crippen molar-refractivity contribution in [3.8, 4) is 0 Å². The lowest BCUT2D eigenvalue weighted by Gasteiger charge is -2.32. The van der Waals surface area contributed by atoms with Crippen molar-refractivity contribution in [2.24, 2.45) is 5.92 Å². The number of hydrazine groups is 1. The van der Waals surface area contributed by atoms with Crippen LogP contribution in [0.4, 0.5) is 4.79 Å². The zero-order valence-electron chi connectivity index (χ0n) is 15.6. The topological polar surface area (TPSA) is 112 Å². The van der Waals surface area contributed by atoms with E-state index in [2.05, 4.69) is 10.7 Å². The fraction of sp³-hybridized carbons (Fsp3) is 0.579. The Kier molecular flexibility index (Phi) is 4.82. The summed E-state index contributed by atoms with van der Waals surface area (Å²) in [5.41, 5.74) is 1.64. The highest BCUT2D eigenvalue weighted by molar-refractivity contribution is 6.08. The molecule has 4 rings (SSSR count). The Labute approximate surface area is 162 Å². The van der Waals surface area contributed by atoms with E-state index in [0.717, 1.165) is 24.3 Å². The lowest BCUT2D eigenvalue weighted by molar-refractivity contribution is -0.141. The van der Waals surface area contributed by atoms with Crippen LogP contribution >= 0.6 is 0 Å². The molecule has 1 aromatic heterocycles. The molecule has 0 bridgehead atoms. The number of amides is 5. The van der Waals surface area contributed by atoms with E-state index in [1.165, 1.54) is 6.26 Å². The standard InChI is InChI=1S/C19H24N4O5/c24-15(13-6-10-22(11-7-13)16(25)14-5-4-12-28-14)21-23-17(26)19(20-18(23)27)8-2-1-3-9-19/h4-5,12-13H,1-3,6-11H2,(H,20,27)(H,21,24). The van der Waals surface area contributed by atoms with E-state index in [1.54, 1.807) is 17.0 Å². The highest BCUT2D eigenvalue weighted by atomic mass is 16.3. The number of carbonyl (C=O) groups is 4. The maximum Gasteiger partial charge on any atom is 0.344 e. The molecule has 0 atom stereocenters. The van der Waals surface area contributed by atoms with Crippen LogP contribution < -0.4 is 10.7 Å². The number of hydrogen-bond acceptors (Lipinski definition) is 5. The third kappa shape index (κ3) is 3.25. The van der Waals surface area contributed by atoms with E-state index in [-0.39, 0.29) is 29.4 Å². The first-order valence-electron chi connectivity index (χ1n) is 9.80. The van der Waals surface area contributed by atoms with Gasteiger partial charge in [0.15, 0.2) is 5.76 Å². The maximum atomic E-state index is 12.7. The monoisotopic (exact) mass is 388 g/mol. The quantitative estimate of drug-likeness (QED) is 0.761. The minimum Gasteiger partial charge on any atom is -0.459 e. The summed E-state index contributed by atoms with van der Waals surface area (Å²) in [6.07, 6.45) is 6.41. The second-order valence-corrected chi connectivity index (χ2v) is 7.73. The van der Waals surface area contributed by atoms with Gasteiger partial charge in [-0.05, 0) is 37.8 Å². The molecule has 2 saturated heterocycles. The predicted octanol–water partition coefficient (Wildman–Crippen LogP) is 1.42. The summed E-state index contributed by atoms with van der Waals surface area (Å²) in [4.78, 5) is 51.6. The van der Waals surface area contributed by atoms with Gasteiger partial charge >= 0.3 is 6.03 Å². The largest absolute Gasteiger partial charge is 0.459 e. The lowest BCUT2D eigenvalue weighted by Crippen LogP contribution is -2.53. The van der Waals surface area contributed by atoms with Crippen molar-refractivity contribution in [1.82, 2.24) is 20.7 Å². The summed E-state index contributed by atoms with van der Waals surface area (Å²) >= 11 is 0. The summed E-state index contributed by atoms with van der Waals surface area (Å²) in [5, 5.41) is 3.62. The molecule has 3 fully saturated rings. The number of urea groups is 1. The van der Waals surface area contributed by atoms with Crippen molar-refractivity contribution in [3.63, 3.8) is 0 Å². The molecule has 3 aliphatic rings. The van der Waals surface area contributed by atoms with Gasteiger partial charge in [-0.3, -0.25) is 19.8 Å². The number of piperidine rings is 1. The molecule has 9 heteroatoms. The van der Waals surface area contributed by atoms with Gasteiger partial charge in [0.1, 0.15) is 5.54 Å². The normalized spacial score (nSPS) is 22.4. The van der Waals surface area contributed by atoms with Crippen molar-refractivity contribution < 1.29 is 23.6 Å². The van der Waals surface area contributed by atoms with Gasteiger partial charge in [0, 0.05) is 19.0 Å². The summed E-state index contributed by atoms with van der Waals surface area (Å²) in [6, 6.07) is 2.70. The molecular weight excluding hydrogens is 364 g/mol. The van der Waals surface area contributed by atoms with E-state index < -0.39 is 11.6 Å². The number of nitrogens with zero attached hydrogens (tertiary/aromatic N) is 2. The molecule has 0 radical (unpaired) electrons. The maximum absolute atomic E-state index is 12.7. The predicted molar refractivity (Wildman–Crippen MR) is 96.7 cm³/mol. The Hall–Kier alpha value is -2.84. The van der Waals surface area contributed by atoms with Crippen molar-refractivity contribution in [1.29, 1.82) is 0 Å². The average Bonchev–Trinajstić information content (AvgIpc) is 3.32. The third-order valence-electron chi connectivity index (χ3n) is 5.98. The zero-order chi connectivity index (χ0) is 19.7. The van der Waals surface area contributed by atoms with Gasteiger partial charge in [-0.15, -0.1) is 0 Å². The third-order valence-corrected chi connectivity index (χ3v) is 5.98.